The molecule has 2 aromatic rings. The van der Waals surface area contributed by atoms with Gasteiger partial charge in [0.15, 0.2) is 0 Å². The van der Waals surface area contributed by atoms with Gasteiger partial charge in [0.05, 0.1) is 24.8 Å². The fourth-order valence-electron chi connectivity index (χ4n) is 3.65. The molecule has 1 amide bonds. The number of nitrogens with zero attached hydrogens (tertiary/aromatic N) is 2. The Kier molecular flexibility index (Phi) is 5.82. The van der Waals surface area contributed by atoms with Crippen molar-refractivity contribution >= 4 is 11.9 Å². The second-order valence-electron chi connectivity index (χ2n) is 7.41. The molecule has 0 spiro atoms. The van der Waals surface area contributed by atoms with Gasteiger partial charge in [0.25, 0.3) is 5.91 Å². The Balaban J connectivity index is 1.77. The van der Waals surface area contributed by atoms with Crippen molar-refractivity contribution in [1.82, 2.24) is 9.80 Å². The standard InChI is InChI=1S/C22H26N2O4/c1-14-11-17(22(27)28-4)9-10-18(14)15-5-7-16(8-6-15)21(26)24-12-19(23(2)3)20(25)13-24/h5-11,19-20,25H,12-13H2,1-4H3. The zero-order valence-electron chi connectivity index (χ0n) is 16.7. The first-order chi connectivity index (χ1) is 13.3. The number of hydrogen-bond donors (Lipinski definition) is 1. The van der Waals surface area contributed by atoms with Crippen LogP contribution in [0.5, 0.6) is 0 Å². The number of hydrogen-bond acceptors (Lipinski definition) is 5. The van der Waals surface area contributed by atoms with Crippen molar-refractivity contribution in [2.45, 2.75) is 19.1 Å². The molecule has 0 aliphatic carbocycles. The van der Waals surface area contributed by atoms with Crippen LogP contribution in [0.2, 0.25) is 0 Å². The van der Waals surface area contributed by atoms with E-state index in [2.05, 4.69) is 0 Å². The number of methoxy groups -OCH3 is 1. The number of esters is 1. The van der Waals surface area contributed by atoms with Crippen LogP contribution in [0.4, 0.5) is 0 Å². The van der Waals surface area contributed by atoms with E-state index in [1.165, 1.54) is 7.11 Å². The van der Waals surface area contributed by atoms with E-state index in [1.807, 2.05) is 44.1 Å². The molecule has 1 fully saturated rings. The fourth-order valence-corrected chi connectivity index (χ4v) is 3.65. The maximum Gasteiger partial charge on any atom is 0.337 e. The summed E-state index contributed by atoms with van der Waals surface area (Å²) in [7, 11) is 5.18. The van der Waals surface area contributed by atoms with Gasteiger partial charge in [-0.25, -0.2) is 4.79 Å². The van der Waals surface area contributed by atoms with Crippen molar-refractivity contribution in [3.63, 3.8) is 0 Å². The van der Waals surface area contributed by atoms with Gasteiger partial charge in [-0.05, 0) is 62.0 Å². The average molecular weight is 382 g/mol. The zero-order valence-corrected chi connectivity index (χ0v) is 16.7. The van der Waals surface area contributed by atoms with Crippen molar-refractivity contribution in [3.8, 4) is 11.1 Å². The molecule has 0 bridgehead atoms. The van der Waals surface area contributed by atoms with Crippen molar-refractivity contribution in [1.29, 1.82) is 0 Å². The van der Waals surface area contributed by atoms with Gasteiger partial charge in [-0.1, -0.05) is 18.2 Å². The molecular weight excluding hydrogens is 356 g/mol. The predicted molar refractivity (Wildman–Crippen MR) is 107 cm³/mol. The number of rotatable bonds is 4. The van der Waals surface area contributed by atoms with E-state index >= 15 is 0 Å². The number of β-amino-alcohol motifs (C(OH)–C–C–N with tert-alkyl or cyclic N) is 1. The number of carbonyl (C=O) groups excluding carboxylic acids is 2. The van der Waals surface area contributed by atoms with Crippen LogP contribution in [0.15, 0.2) is 42.5 Å². The SMILES string of the molecule is COC(=O)c1ccc(-c2ccc(C(=O)N3CC(O)C(N(C)C)C3)cc2)c(C)c1. The van der Waals surface area contributed by atoms with E-state index in [-0.39, 0.29) is 17.9 Å². The molecule has 6 nitrogen and oxygen atoms in total. The number of carbonyl (C=O) groups is 2. The lowest BCUT2D eigenvalue weighted by Gasteiger charge is -2.21. The molecule has 2 aromatic carbocycles. The van der Waals surface area contributed by atoms with E-state index in [4.69, 9.17) is 4.74 Å². The lowest BCUT2D eigenvalue weighted by Crippen LogP contribution is -2.38. The fraction of sp³-hybridized carbons (Fsp3) is 0.364. The van der Waals surface area contributed by atoms with Gasteiger partial charge < -0.3 is 19.6 Å². The monoisotopic (exact) mass is 382 g/mol. The molecule has 2 unspecified atom stereocenters. The van der Waals surface area contributed by atoms with Crippen LogP contribution in [0.25, 0.3) is 11.1 Å². The summed E-state index contributed by atoms with van der Waals surface area (Å²) >= 11 is 0. The summed E-state index contributed by atoms with van der Waals surface area (Å²) in [6.07, 6.45) is -0.533. The number of aliphatic hydroxyl groups is 1. The highest BCUT2D eigenvalue weighted by atomic mass is 16.5. The number of amides is 1. The molecule has 1 N–H and O–H groups in total. The van der Waals surface area contributed by atoms with Gasteiger partial charge in [-0.2, -0.15) is 0 Å². The number of ether oxygens (including phenoxy) is 1. The topological polar surface area (TPSA) is 70.1 Å². The first kappa shape index (κ1) is 20.0. The van der Waals surface area contributed by atoms with Crippen LogP contribution in [-0.4, -0.2) is 73.2 Å². The Hall–Kier alpha value is -2.70. The third-order valence-corrected chi connectivity index (χ3v) is 5.30. The Morgan fingerprint density at radius 2 is 1.71 bits per heavy atom. The van der Waals surface area contributed by atoms with Gasteiger partial charge in [-0.15, -0.1) is 0 Å². The van der Waals surface area contributed by atoms with Crippen molar-refractivity contribution < 1.29 is 19.4 Å². The zero-order chi connectivity index (χ0) is 20.4. The van der Waals surface area contributed by atoms with Crippen LogP contribution in [0, 0.1) is 6.92 Å². The summed E-state index contributed by atoms with van der Waals surface area (Å²) in [5.74, 6) is -0.438. The maximum atomic E-state index is 12.8. The Bertz CT molecular complexity index is 877. The molecular formula is C22H26N2O4. The van der Waals surface area contributed by atoms with Crippen LogP contribution in [-0.2, 0) is 4.74 Å². The first-order valence-corrected chi connectivity index (χ1v) is 9.25. The molecule has 0 saturated carbocycles. The highest BCUT2D eigenvalue weighted by molar-refractivity contribution is 5.95. The largest absolute Gasteiger partial charge is 0.465 e. The van der Waals surface area contributed by atoms with Crippen molar-refractivity contribution in [3.05, 3.63) is 59.2 Å². The maximum absolute atomic E-state index is 12.8. The highest BCUT2D eigenvalue weighted by Gasteiger charge is 2.35. The van der Waals surface area contributed by atoms with Crippen molar-refractivity contribution in [2.24, 2.45) is 0 Å². The van der Waals surface area contributed by atoms with E-state index < -0.39 is 6.10 Å². The van der Waals surface area contributed by atoms with Gasteiger partial charge in [0.1, 0.15) is 0 Å². The summed E-state index contributed by atoms with van der Waals surface area (Å²) < 4.78 is 4.76. The molecule has 1 saturated heterocycles. The van der Waals surface area contributed by atoms with Crippen LogP contribution in [0.1, 0.15) is 26.3 Å². The molecule has 3 rings (SSSR count). The van der Waals surface area contributed by atoms with Gasteiger partial charge in [0.2, 0.25) is 0 Å². The van der Waals surface area contributed by atoms with Crippen LogP contribution < -0.4 is 0 Å². The minimum atomic E-state index is -0.533. The predicted octanol–water partition coefficient (Wildman–Crippen LogP) is 2.20. The highest BCUT2D eigenvalue weighted by Crippen LogP contribution is 2.26. The van der Waals surface area contributed by atoms with Gasteiger partial charge in [-0.3, -0.25) is 4.79 Å². The third kappa shape index (κ3) is 3.93. The second-order valence-corrected chi connectivity index (χ2v) is 7.41. The number of aliphatic hydroxyl groups excluding tert-OH is 1. The number of benzene rings is 2. The smallest absolute Gasteiger partial charge is 0.337 e. The number of likely N-dealkylation sites (N-methyl/N-ethyl adjacent to an activating group) is 1. The lowest BCUT2D eigenvalue weighted by atomic mass is 9.97. The molecule has 28 heavy (non-hydrogen) atoms. The van der Waals surface area contributed by atoms with Crippen molar-refractivity contribution in [2.75, 3.05) is 34.3 Å². The van der Waals surface area contributed by atoms with Gasteiger partial charge >= 0.3 is 5.97 Å². The van der Waals surface area contributed by atoms with E-state index in [0.717, 1.165) is 16.7 Å². The Morgan fingerprint density at radius 3 is 2.25 bits per heavy atom. The Morgan fingerprint density at radius 1 is 1.07 bits per heavy atom. The quantitative estimate of drug-likeness (QED) is 0.821. The van der Waals surface area contributed by atoms with Crippen LogP contribution >= 0.6 is 0 Å². The van der Waals surface area contributed by atoms with Gasteiger partial charge in [0, 0.05) is 18.7 Å². The number of aryl methyl sites for hydroxylation is 1. The van der Waals surface area contributed by atoms with E-state index in [1.54, 1.807) is 29.2 Å². The molecule has 1 aliphatic rings. The lowest BCUT2D eigenvalue weighted by molar-refractivity contribution is 0.0600. The van der Waals surface area contributed by atoms with Crippen LogP contribution in [0.3, 0.4) is 0 Å². The third-order valence-electron chi connectivity index (χ3n) is 5.30. The molecule has 0 aromatic heterocycles. The summed E-state index contributed by atoms with van der Waals surface area (Å²) in [6.45, 7) is 2.80. The molecule has 1 aliphatic heterocycles. The summed E-state index contributed by atoms with van der Waals surface area (Å²) in [5, 5.41) is 10.2. The summed E-state index contributed by atoms with van der Waals surface area (Å²) in [6, 6.07) is 12.8. The minimum absolute atomic E-state index is 0.0424. The molecule has 1 heterocycles. The van der Waals surface area contributed by atoms with E-state index in [0.29, 0.717) is 24.2 Å². The minimum Gasteiger partial charge on any atom is -0.465 e. The summed E-state index contributed by atoms with van der Waals surface area (Å²) in [5.41, 5.74) is 4.03. The Labute approximate surface area is 165 Å². The summed E-state index contributed by atoms with van der Waals surface area (Å²) in [4.78, 5) is 28.1. The number of likely N-dealkylation sites (tertiary alicyclic amines) is 1. The normalized spacial score (nSPS) is 19.1. The first-order valence-electron chi connectivity index (χ1n) is 9.25. The second kappa shape index (κ2) is 8.12. The average Bonchev–Trinajstić information content (AvgIpc) is 3.09. The molecule has 2 atom stereocenters. The molecule has 148 valence electrons. The van der Waals surface area contributed by atoms with E-state index in [9.17, 15) is 14.7 Å². The molecule has 0 radical (unpaired) electrons. The molecule has 6 heteroatoms.